The van der Waals surface area contributed by atoms with E-state index in [0.29, 0.717) is 0 Å². The monoisotopic (exact) mass is 1040 g/mol. The van der Waals surface area contributed by atoms with Gasteiger partial charge in [-0.15, -0.1) is 47.0 Å². The molecular formula is C52H41IrN4P2S2-3. The maximum atomic E-state index is 6.44. The number of benzene rings is 7. The van der Waals surface area contributed by atoms with Gasteiger partial charge in [-0.2, -0.15) is 30.9 Å². The summed E-state index contributed by atoms with van der Waals surface area (Å²) in [5.41, 5.74) is 7.03. The summed E-state index contributed by atoms with van der Waals surface area (Å²) in [5.74, 6) is 0. The van der Waals surface area contributed by atoms with Crippen molar-refractivity contribution in [2.75, 3.05) is 7.05 Å². The Kier molecular flexibility index (Phi) is 13.1. The van der Waals surface area contributed by atoms with Gasteiger partial charge in [0.1, 0.15) is 0 Å². The molecule has 0 bridgehead atoms. The van der Waals surface area contributed by atoms with E-state index in [2.05, 4.69) is 204 Å². The second-order valence-electron chi connectivity index (χ2n) is 14.5. The van der Waals surface area contributed by atoms with E-state index in [1.807, 2.05) is 55.6 Å². The first kappa shape index (κ1) is 42.9. The van der Waals surface area contributed by atoms with Crippen LogP contribution in [0.1, 0.15) is 16.8 Å². The number of pyridine rings is 1. The Morgan fingerprint density at radius 3 is 1.57 bits per heavy atom. The fourth-order valence-corrected chi connectivity index (χ4v) is 18.6. The summed E-state index contributed by atoms with van der Waals surface area (Å²) in [6.45, 7) is -2.58. The van der Waals surface area contributed by atoms with Gasteiger partial charge >= 0.3 is 0 Å². The minimum absolute atomic E-state index is 0. The van der Waals surface area contributed by atoms with Gasteiger partial charge in [-0.25, -0.2) is 0 Å². The number of aromatic nitrogens is 1. The minimum atomic E-state index is -2.35. The molecule has 9 heteroatoms. The molecular weight excluding hydrogens is 999 g/mol. The molecule has 2 aliphatic rings. The molecule has 1 radical (unpaired) electrons. The Labute approximate surface area is 385 Å². The van der Waals surface area contributed by atoms with E-state index >= 15 is 0 Å². The maximum absolute atomic E-state index is 6.44. The predicted molar refractivity (Wildman–Crippen MR) is 258 cm³/mol. The smallest absolute Gasteiger partial charge is 0.0987 e. The van der Waals surface area contributed by atoms with Crippen LogP contribution < -0.4 is 26.1 Å². The van der Waals surface area contributed by atoms with Crippen molar-refractivity contribution in [3.05, 3.63) is 254 Å². The molecule has 1 aliphatic carbocycles. The number of rotatable bonds is 9. The minimum Gasteiger partial charge on any atom is -0.523 e. The third-order valence-electron chi connectivity index (χ3n) is 10.8. The number of fused-ring (bicyclic) bond motifs is 3. The molecule has 61 heavy (non-hydrogen) atoms. The first-order valence-electron chi connectivity index (χ1n) is 19.7. The summed E-state index contributed by atoms with van der Waals surface area (Å²) in [6, 6.07) is 77.5. The molecule has 0 saturated heterocycles. The summed E-state index contributed by atoms with van der Waals surface area (Å²) < 4.78 is 0. The quantitative estimate of drug-likeness (QED) is 0.0881. The average molecular weight is 1040 g/mol. The molecule has 0 saturated carbocycles. The molecule has 8 aromatic rings. The van der Waals surface area contributed by atoms with Crippen molar-refractivity contribution in [3.63, 3.8) is 0 Å². The van der Waals surface area contributed by atoms with Crippen LogP contribution in [0, 0.1) is 18.8 Å². The Bertz CT molecular complexity index is 2520. The van der Waals surface area contributed by atoms with Crippen molar-refractivity contribution in [3.8, 4) is 22.4 Å². The predicted octanol–water partition coefficient (Wildman–Crippen LogP) is 10.1. The molecule has 7 aromatic carbocycles. The van der Waals surface area contributed by atoms with Gasteiger partial charge in [0.05, 0.1) is 45.7 Å². The van der Waals surface area contributed by atoms with Crippen molar-refractivity contribution in [1.29, 1.82) is 0 Å². The molecule has 1 aliphatic heterocycles. The Hall–Kier alpha value is -4.80. The topological polar surface area (TPSA) is 31.4 Å². The van der Waals surface area contributed by atoms with Gasteiger partial charge in [0.2, 0.25) is 0 Å². The van der Waals surface area contributed by atoms with E-state index in [1.54, 1.807) is 0 Å². The van der Waals surface area contributed by atoms with Crippen molar-refractivity contribution in [1.82, 2.24) is 19.6 Å². The Morgan fingerprint density at radius 1 is 0.541 bits per heavy atom. The molecule has 0 amide bonds. The van der Waals surface area contributed by atoms with Crippen LogP contribution in [0.4, 0.5) is 0 Å². The van der Waals surface area contributed by atoms with Gasteiger partial charge in [-0.1, -0.05) is 120 Å². The molecule has 0 unspecified atom stereocenters. The van der Waals surface area contributed by atoms with Crippen molar-refractivity contribution >= 4 is 58.9 Å². The van der Waals surface area contributed by atoms with Gasteiger partial charge < -0.3 is 34.3 Å². The van der Waals surface area contributed by atoms with Crippen LogP contribution in [0.15, 0.2) is 219 Å². The third kappa shape index (κ3) is 8.18. The van der Waals surface area contributed by atoms with Crippen LogP contribution in [-0.2, 0) is 50.1 Å². The molecule has 303 valence electrons. The summed E-state index contributed by atoms with van der Waals surface area (Å²) in [4.78, 5) is 13.5. The largest absolute Gasteiger partial charge is 0.523 e. The normalized spacial score (nSPS) is 15.3. The average Bonchev–Trinajstić information content (AvgIpc) is 3.90. The summed E-state index contributed by atoms with van der Waals surface area (Å²) in [6.07, 6.45) is 4.19. The molecule has 0 fully saturated rings. The first-order chi connectivity index (χ1) is 29.4. The third-order valence-corrected chi connectivity index (χ3v) is 21.2. The summed E-state index contributed by atoms with van der Waals surface area (Å²) >= 11 is 12.9. The molecule has 10 rings (SSSR count). The zero-order valence-electron chi connectivity index (χ0n) is 33.2. The van der Waals surface area contributed by atoms with Crippen LogP contribution in [0.2, 0.25) is 0 Å². The fourth-order valence-electron chi connectivity index (χ4n) is 8.06. The number of hydrogen-bond donors (Lipinski definition) is 1. The van der Waals surface area contributed by atoms with Gasteiger partial charge in [0.25, 0.3) is 0 Å². The van der Waals surface area contributed by atoms with Crippen LogP contribution in [0.3, 0.4) is 0 Å². The van der Waals surface area contributed by atoms with Crippen molar-refractivity contribution in [2.45, 2.75) is 5.54 Å². The van der Waals surface area contributed by atoms with Gasteiger partial charge in [0, 0.05) is 20.1 Å². The zero-order chi connectivity index (χ0) is 41.0. The summed E-state index contributed by atoms with van der Waals surface area (Å²) in [5, 5.41) is 4.51. The van der Waals surface area contributed by atoms with Gasteiger partial charge in [-0.05, 0) is 85.3 Å². The standard InChI is InChI=1S/C28H20N3.C24H21NP2S2.Ir/c1-30-18-19-31(20-30)28(27-17-9-16-26(29-27)21-10-3-2-4-11-21)24-14-7-5-12-22(24)23-13-6-8-15-25(23)28;28-26(21-13-5-1-6-14-21,22-15-7-2-8-16-22)25-27(29,23-17-9-3-10-18-23)24-19-11-4-12-20-24;/h2-10,12-14,16-20H,1H3;1-20H,(H,25,28,29);/q-3;;/t28-;;/m1../s1. The Balaban J connectivity index is 0.000000166. The van der Waals surface area contributed by atoms with Crippen molar-refractivity contribution in [2.24, 2.45) is 0 Å². The van der Waals surface area contributed by atoms with Gasteiger partial charge in [-0.3, -0.25) is 4.98 Å². The van der Waals surface area contributed by atoms with Crippen molar-refractivity contribution < 1.29 is 20.1 Å². The van der Waals surface area contributed by atoms with E-state index in [4.69, 9.17) is 29.5 Å². The van der Waals surface area contributed by atoms with E-state index in [0.717, 1.165) is 43.7 Å². The van der Waals surface area contributed by atoms with E-state index in [-0.39, 0.29) is 20.1 Å². The van der Waals surface area contributed by atoms with E-state index < -0.39 is 18.8 Å². The van der Waals surface area contributed by atoms with Crippen LogP contribution in [-0.4, -0.2) is 21.8 Å². The molecule has 1 N–H and O–H groups in total. The first-order valence-corrected chi connectivity index (χ1v) is 25.3. The zero-order valence-corrected chi connectivity index (χ0v) is 39.1. The number of nitrogens with one attached hydrogen (secondary N) is 1. The van der Waals surface area contributed by atoms with Gasteiger partial charge in [0.15, 0.2) is 0 Å². The maximum Gasteiger partial charge on any atom is 0.0987 e. The molecule has 1 aromatic heterocycles. The fraction of sp³-hybridized carbons (Fsp3) is 0.0385. The summed E-state index contributed by atoms with van der Waals surface area (Å²) in [7, 11) is 2.05. The molecule has 4 nitrogen and oxygen atoms in total. The SMILES string of the molecule is CN1C=CN([C@@]2(c3cccc(-c4[c-]cccc4)n3)c3[c-]cccc3-c3ccccc32)[CH-]1.[Ir].[S-][P+](N[P+]([S-])(c1ccccc1)c1ccccc1)(c1ccccc1)c1ccccc1. The number of hydrogen-bond acceptors (Lipinski definition) is 6. The second-order valence-corrected chi connectivity index (χ2v) is 23.1. The van der Waals surface area contributed by atoms with E-state index in [1.165, 1.54) is 16.7 Å². The van der Waals surface area contributed by atoms with E-state index in [9.17, 15) is 0 Å². The number of nitrogens with zero attached hydrogens (tertiary/aromatic N) is 3. The van der Waals surface area contributed by atoms with Crippen LogP contribution in [0.25, 0.3) is 22.4 Å². The molecule has 2 heterocycles. The molecule has 0 spiro atoms. The second kappa shape index (κ2) is 18.7. The Morgan fingerprint density at radius 2 is 1.05 bits per heavy atom. The van der Waals surface area contributed by atoms with Crippen LogP contribution in [0.5, 0.6) is 0 Å². The molecule has 1 atom stereocenters. The van der Waals surface area contributed by atoms with Crippen LogP contribution >= 0.6 is 13.2 Å².